The van der Waals surface area contributed by atoms with Crippen molar-refractivity contribution >= 4 is 11.8 Å². The van der Waals surface area contributed by atoms with Crippen LogP contribution in [-0.4, -0.2) is 27.6 Å². The highest BCUT2D eigenvalue weighted by Gasteiger charge is 2.28. The van der Waals surface area contributed by atoms with Crippen molar-refractivity contribution in [3.05, 3.63) is 35.4 Å². The maximum absolute atomic E-state index is 5.46. The van der Waals surface area contributed by atoms with Crippen LogP contribution in [-0.2, 0) is 6.54 Å². The second kappa shape index (κ2) is 6.76. The lowest BCUT2D eigenvalue weighted by Gasteiger charge is -2.28. The minimum Gasteiger partial charge on any atom is -0.497 e. The Labute approximate surface area is 147 Å². The molecule has 0 fully saturated rings. The Morgan fingerprint density at radius 2 is 2.12 bits per heavy atom. The van der Waals surface area contributed by atoms with E-state index in [1.807, 2.05) is 18.7 Å². The predicted octanol–water partition coefficient (Wildman–Crippen LogP) is 3.65. The van der Waals surface area contributed by atoms with E-state index in [4.69, 9.17) is 4.74 Å². The Bertz CT molecular complexity index is 730. The van der Waals surface area contributed by atoms with E-state index in [0.29, 0.717) is 6.04 Å². The van der Waals surface area contributed by atoms with Gasteiger partial charge in [0.2, 0.25) is 0 Å². The van der Waals surface area contributed by atoms with E-state index < -0.39 is 0 Å². The summed E-state index contributed by atoms with van der Waals surface area (Å²) in [5, 5.41) is 8.41. The van der Waals surface area contributed by atoms with Gasteiger partial charge >= 0.3 is 0 Å². The van der Waals surface area contributed by atoms with Gasteiger partial charge in [-0.15, -0.1) is 11.8 Å². The summed E-state index contributed by atoms with van der Waals surface area (Å²) in [4.78, 5) is 6.05. The SMILES string of the molecule is COc1ccc2c(c1)[C@H](N[C@H]1CCCn3nc(C)nc31)CCCS2. The van der Waals surface area contributed by atoms with E-state index in [1.165, 1.54) is 22.6 Å². The number of benzene rings is 1. The molecule has 6 heteroatoms. The van der Waals surface area contributed by atoms with Gasteiger partial charge in [0.25, 0.3) is 0 Å². The molecule has 0 spiro atoms. The molecule has 2 aliphatic heterocycles. The quantitative estimate of drug-likeness (QED) is 0.921. The van der Waals surface area contributed by atoms with Gasteiger partial charge in [0.05, 0.1) is 13.2 Å². The van der Waals surface area contributed by atoms with Crippen LogP contribution in [0.1, 0.15) is 55.0 Å². The van der Waals surface area contributed by atoms with Gasteiger partial charge in [0.15, 0.2) is 0 Å². The smallest absolute Gasteiger partial charge is 0.147 e. The van der Waals surface area contributed by atoms with Crippen molar-refractivity contribution < 1.29 is 4.74 Å². The monoisotopic (exact) mass is 344 g/mol. The number of hydrogen-bond donors (Lipinski definition) is 1. The van der Waals surface area contributed by atoms with Gasteiger partial charge in [-0.3, -0.25) is 0 Å². The minimum absolute atomic E-state index is 0.284. The molecule has 24 heavy (non-hydrogen) atoms. The number of nitrogens with zero attached hydrogens (tertiary/aromatic N) is 3. The first-order valence-corrected chi connectivity index (χ1v) is 9.71. The van der Waals surface area contributed by atoms with Gasteiger partial charge in [-0.1, -0.05) is 0 Å². The first kappa shape index (κ1) is 16.0. The third kappa shape index (κ3) is 3.05. The number of fused-ring (bicyclic) bond motifs is 2. The van der Waals surface area contributed by atoms with Crippen LogP contribution in [0.3, 0.4) is 0 Å². The average Bonchev–Trinajstić information content (AvgIpc) is 2.87. The lowest BCUT2D eigenvalue weighted by molar-refractivity contribution is 0.326. The maximum atomic E-state index is 5.46. The first-order valence-electron chi connectivity index (χ1n) is 8.73. The Balaban J connectivity index is 1.63. The summed E-state index contributed by atoms with van der Waals surface area (Å²) in [5.41, 5.74) is 1.37. The molecule has 2 atom stereocenters. The number of rotatable bonds is 3. The fourth-order valence-electron chi connectivity index (χ4n) is 3.72. The fourth-order valence-corrected chi connectivity index (χ4v) is 4.79. The second-order valence-electron chi connectivity index (χ2n) is 6.55. The van der Waals surface area contributed by atoms with Crippen LogP contribution in [0.4, 0.5) is 0 Å². The van der Waals surface area contributed by atoms with Crippen LogP contribution in [0, 0.1) is 6.92 Å². The molecule has 0 bridgehead atoms. The van der Waals surface area contributed by atoms with E-state index in [-0.39, 0.29) is 6.04 Å². The normalized spacial score (nSPS) is 23.2. The van der Waals surface area contributed by atoms with Gasteiger partial charge in [0, 0.05) is 17.5 Å². The number of methoxy groups -OCH3 is 1. The highest BCUT2D eigenvalue weighted by molar-refractivity contribution is 7.99. The number of thioether (sulfide) groups is 1. The van der Waals surface area contributed by atoms with E-state index in [2.05, 4.69) is 38.3 Å². The second-order valence-corrected chi connectivity index (χ2v) is 7.69. The van der Waals surface area contributed by atoms with Crippen molar-refractivity contribution in [2.75, 3.05) is 12.9 Å². The molecule has 1 aromatic heterocycles. The maximum Gasteiger partial charge on any atom is 0.147 e. The van der Waals surface area contributed by atoms with E-state index >= 15 is 0 Å². The Kier molecular flexibility index (Phi) is 4.50. The van der Waals surface area contributed by atoms with E-state index in [1.54, 1.807) is 7.11 Å². The molecule has 5 nitrogen and oxygen atoms in total. The van der Waals surface area contributed by atoms with Gasteiger partial charge in [-0.2, -0.15) is 5.10 Å². The molecule has 0 saturated carbocycles. The lowest BCUT2D eigenvalue weighted by atomic mass is 9.98. The molecule has 2 aliphatic rings. The number of hydrogen-bond acceptors (Lipinski definition) is 5. The third-order valence-corrected chi connectivity index (χ3v) is 6.05. The van der Waals surface area contributed by atoms with Crippen molar-refractivity contribution in [1.29, 1.82) is 0 Å². The topological polar surface area (TPSA) is 52.0 Å². The molecule has 2 aromatic rings. The average molecular weight is 344 g/mol. The molecule has 1 N–H and O–H groups in total. The molecule has 128 valence electrons. The first-order chi connectivity index (χ1) is 11.7. The van der Waals surface area contributed by atoms with Crippen molar-refractivity contribution in [2.24, 2.45) is 0 Å². The molecule has 0 unspecified atom stereocenters. The van der Waals surface area contributed by atoms with Crippen molar-refractivity contribution in [3.8, 4) is 5.75 Å². The summed E-state index contributed by atoms with van der Waals surface area (Å²) in [6.07, 6.45) is 4.65. The van der Waals surface area contributed by atoms with Crippen LogP contribution in [0.2, 0.25) is 0 Å². The Morgan fingerprint density at radius 1 is 1.25 bits per heavy atom. The summed E-state index contributed by atoms with van der Waals surface area (Å²) in [7, 11) is 1.74. The molecule has 1 aromatic carbocycles. The largest absolute Gasteiger partial charge is 0.497 e. The summed E-state index contributed by atoms with van der Waals surface area (Å²) in [6, 6.07) is 7.09. The predicted molar refractivity (Wildman–Crippen MR) is 95.6 cm³/mol. The van der Waals surface area contributed by atoms with Crippen molar-refractivity contribution in [3.63, 3.8) is 0 Å². The van der Waals surface area contributed by atoms with E-state index in [0.717, 1.165) is 43.2 Å². The Hall–Kier alpha value is -1.53. The highest BCUT2D eigenvalue weighted by Crippen LogP contribution is 2.38. The van der Waals surface area contributed by atoms with Crippen LogP contribution in [0.5, 0.6) is 5.75 Å². The molecule has 0 amide bonds. The molecular weight excluding hydrogens is 320 g/mol. The minimum atomic E-state index is 0.284. The molecule has 4 rings (SSSR count). The molecule has 0 saturated heterocycles. The lowest BCUT2D eigenvalue weighted by Crippen LogP contribution is -2.32. The third-order valence-electron chi connectivity index (χ3n) is 4.87. The highest BCUT2D eigenvalue weighted by atomic mass is 32.2. The Morgan fingerprint density at radius 3 is 3.00 bits per heavy atom. The van der Waals surface area contributed by atoms with Crippen molar-refractivity contribution in [1.82, 2.24) is 20.1 Å². The number of ether oxygens (including phenoxy) is 1. The number of aryl methyl sites for hydroxylation is 2. The summed E-state index contributed by atoms with van der Waals surface area (Å²) < 4.78 is 7.53. The zero-order chi connectivity index (χ0) is 16.5. The van der Waals surface area contributed by atoms with Crippen LogP contribution in [0.25, 0.3) is 0 Å². The number of nitrogens with one attached hydrogen (secondary N) is 1. The molecule has 0 aliphatic carbocycles. The standard InChI is InChI=1S/C18H24N4OS/c1-12-19-18-16(5-3-9-22(18)21-12)20-15-6-4-10-24-17-8-7-13(23-2)11-14(15)17/h7-8,11,15-16,20H,3-6,9-10H2,1-2H3/t15-,16+/m1/s1. The van der Waals surface area contributed by atoms with Crippen LogP contribution in [0.15, 0.2) is 23.1 Å². The van der Waals surface area contributed by atoms with Crippen LogP contribution >= 0.6 is 11.8 Å². The van der Waals surface area contributed by atoms with Crippen LogP contribution < -0.4 is 10.1 Å². The molecular formula is C18H24N4OS. The van der Waals surface area contributed by atoms with Gasteiger partial charge in [0.1, 0.15) is 17.4 Å². The van der Waals surface area contributed by atoms with Crippen molar-refractivity contribution in [2.45, 2.75) is 56.1 Å². The molecule has 3 heterocycles. The fraction of sp³-hybridized carbons (Fsp3) is 0.556. The summed E-state index contributed by atoms with van der Waals surface area (Å²) in [6.45, 7) is 2.96. The van der Waals surface area contributed by atoms with Gasteiger partial charge < -0.3 is 10.1 Å². The van der Waals surface area contributed by atoms with Gasteiger partial charge in [-0.05, 0) is 62.1 Å². The van der Waals surface area contributed by atoms with E-state index in [9.17, 15) is 0 Å². The number of aromatic nitrogens is 3. The summed E-state index contributed by atoms with van der Waals surface area (Å²) >= 11 is 1.96. The van der Waals surface area contributed by atoms with Gasteiger partial charge in [-0.25, -0.2) is 9.67 Å². The zero-order valence-electron chi connectivity index (χ0n) is 14.3. The summed E-state index contributed by atoms with van der Waals surface area (Å²) in [5.74, 6) is 4.08. The molecule has 0 radical (unpaired) electrons. The zero-order valence-corrected chi connectivity index (χ0v) is 15.1.